The fourth-order valence-corrected chi connectivity index (χ4v) is 4.52. The molecule has 1 heterocycles. The van der Waals surface area contributed by atoms with Crippen LogP contribution in [0.15, 0.2) is 58.7 Å². The fourth-order valence-electron chi connectivity index (χ4n) is 4.52. The first-order valence-electron chi connectivity index (χ1n) is 11.7. The van der Waals surface area contributed by atoms with Crippen LogP contribution in [0.3, 0.4) is 0 Å². The minimum Gasteiger partial charge on any atom is -0.497 e. The lowest BCUT2D eigenvalue weighted by Gasteiger charge is -2.14. The van der Waals surface area contributed by atoms with Gasteiger partial charge >= 0.3 is 5.97 Å². The monoisotopic (exact) mass is 503 g/mol. The SMILES string of the molecule is COc1ccc2c(c1)C(CC(=O)NCc1ccco1)=C(C)/C2=C/c1cc(OC)c(CC(=O)O)c(OC)c1. The van der Waals surface area contributed by atoms with Gasteiger partial charge in [-0.25, -0.2) is 0 Å². The maximum atomic E-state index is 12.8. The van der Waals surface area contributed by atoms with Crippen LogP contribution in [0.1, 0.15) is 41.4 Å². The number of hydrogen-bond acceptors (Lipinski definition) is 6. The van der Waals surface area contributed by atoms with E-state index >= 15 is 0 Å². The molecule has 0 atom stereocenters. The Balaban J connectivity index is 1.73. The third-order valence-corrected chi connectivity index (χ3v) is 6.35. The lowest BCUT2D eigenvalue weighted by atomic mass is 9.98. The molecule has 37 heavy (non-hydrogen) atoms. The van der Waals surface area contributed by atoms with Gasteiger partial charge in [-0.2, -0.15) is 0 Å². The summed E-state index contributed by atoms with van der Waals surface area (Å²) < 4.78 is 21.7. The summed E-state index contributed by atoms with van der Waals surface area (Å²) in [5.74, 6) is 1.14. The smallest absolute Gasteiger partial charge is 0.308 e. The average molecular weight is 504 g/mol. The van der Waals surface area contributed by atoms with Crippen molar-refractivity contribution in [2.24, 2.45) is 0 Å². The predicted octanol–water partition coefficient (Wildman–Crippen LogP) is 4.97. The summed E-state index contributed by atoms with van der Waals surface area (Å²) in [6.45, 7) is 2.30. The zero-order valence-corrected chi connectivity index (χ0v) is 21.2. The average Bonchev–Trinajstić information content (AvgIpc) is 3.50. The van der Waals surface area contributed by atoms with Crippen LogP contribution < -0.4 is 19.5 Å². The number of benzene rings is 2. The Morgan fingerprint density at radius 3 is 2.30 bits per heavy atom. The molecule has 0 bridgehead atoms. The van der Waals surface area contributed by atoms with E-state index in [1.807, 2.05) is 37.3 Å². The van der Waals surface area contributed by atoms with Crippen LogP contribution in [0, 0.1) is 0 Å². The van der Waals surface area contributed by atoms with E-state index < -0.39 is 5.97 Å². The van der Waals surface area contributed by atoms with Crippen LogP contribution >= 0.6 is 0 Å². The van der Waals surface area contributed by atoms with Crippen molar-refractivity contribution in [3.05, 3.63) is 82.3 Å². The quantitative estimate of drug-likeness (QED) is 0.402. The minimum atomic E-state index is -0.977. The van der Waals surface area contributed by atoms with Crippen molar-refractivity contribution in [1.82, 2.24) is 5.32 Å². The molecular formula is C29H29NO7. The third-order valence-electron chi connectivity index (χ3n) is 6.35. The molecule has 2 N–H and O–H groups in total. The van der Waals surface area contributed by atoms with Gasteiger partial charge in [0.2, 0.25) is 5.91 Å². The molecule has 0 radical (unpaired) electrons. The van der Waals surface area contributed by atoms with Gasteiger partial charge in [0.1, 0.15) is 23.0 Å². The summed E-state index contributed by atoms with van der Waals surface area (Å²) in [6.07, 6.45) is 3.53. The summed E-state index contributed by atoms with van der Waals surface area (Å²) >= 11 is 0. The van der Waals surface area contributed by atoms with E-state index in [9.17, 15) is 14.7 Å². The molecule has 0 saturated carbocycles. The Morgan fingerprint density at radius 2 is 1.70 bits per heavy atom. The molecule has 2 aromatic carbocycles. The first-order chi connectivity index (χ1) is 17.8. The molecule has 1 aliphatic rings. The number of carbonyl (C=O) groups is 2. The molecule has 192 valence electrons. The van der Waals surface area contributed by atoms with E-state index in [2.05, 4.69) is 5.32 Å². The molecule has 1 aliphatic carbocycles. The normalized spacial score (nSPS) is 13.5. The van der Waals surface area contributed by atoms with Crippen molar-refractivity contribution in [3.63, 3.8) is 0 Å². The van der Waals surface area contributed by atoms with E-state index in [-0.39, 0.29) is 18.7 Å². The molecule has 0 aliphatic heterocycles. The summed E-state index contributed by atoms with van der Waals surface area (Å²) in [5, 5.41) is 12.2. The van der Waals surface area contributed by atoms with Gasteiger partial charge in [-0.1, -0.05) is 6.07 Å². The molecule has 0 fully saturated rings. The van der Waals surface area contributed by atoms with Gasteiger partial charge in [-0.3, -0.25) is 9.59 Å². The number of hydrogen-bond donors (Lipinski definition) is 2. The van der Waals surface area contributed by atoms with Crippen molar-refractivity contribution in [2.75, 3.05) is 21.3 Å². The zero-order chi connectivity index (χ0) is 26.5. The Morgan fingerprint density at radius 1 is 0.973 bits per heavy atom. The van der Waals surface area contributed by atoms with Crippen LogP contribution in [0.4, 0.5) is 0 Å². The highest BCUT2D eigenvalue weighted by Gasteiger charge is 2.26. The number of rotatable bonds is 10. The van der Waals surface area contributed by atoms with Crippen LogP contribution in [0.5, 0.6) is 17.2 Å². The molecule has 0 saturated heterocycles. The second-order valence-corrected chi connectivity index (χ2v) is 8.58. The number of aliphatic carboxylic acids is 1. The van der Waals surface area contributed by atoms with E-state index in [1.165, 1.54) is 14.2 Å². The first kappa shape index (κ1) is 25.6. The highest BCUT2D eigenvalue weighted by atomic mass is 16.5. The zero-order valence-electron chi connectivity index (χ0n) is 21.2. The molecule has 8 nitrogen and oxygen atoms in total. The molecule has 4 rings (SSSR count). The standard InChI is InChI=1S/C29H29NO7/c1-17-22(10-18-11-26(35-3)25(15-29(32)33)27(12-18)36-4)21-8-7-19(34-2)13-24(21)23(17)14-28(31)30-16-20-6-5-9-37-20/h5-13H,14-16H2,1-4H3,(H,30,31)(H,32,33)/b22-10-. The number of furan rings is 1. The molecular weight excluding hydrogens is 474 g/mol. The topological polar surface area (TPSA) is 107 Å². The number of methoxy groups -OCH3 is 3. The van der Waals surface area contributed by atoms with Crippen LogP contribution in [0.2, 0.25) is 0 Å². The van der Waals surface area contributed by atoms with Crippen molar-refractivity contribution >= 4 is 29.1 Å². The summed E-state index contributed by atoms with van der Waals surface area (Å²) in [4.78, 5) is 24.2. The number of allylic oxidation sites excluding steroid dienone is 2. The van der Waals surface area contributed by atoms with Gasteiger partial charge in [0, 0.05) is 5.56 Å². The molecule has 1 amide bonds. The number of amides is 1. The first-order valence-corrected chi connectivity index (χ1v) is 11.7. The fraction of sp³-hybridized carbons (Fsp3) is 0.241. The minimum absolute atomic E-state index is 0.123. The highest BCUT2D eigenvalue weighted by Crippen LogP contribution is 2.45. The lowest BCUT2D eigenvalue weighted by Crippen LogP contribution is -2.22. The Bertz CT molecular complexity index is 1360. The second-order valence-electron chi connectivity index (χ2n) is 8.58. The molecule has 3 aromatic rings. The summed E-state index contributed by atoms with van der Waals surface area (Å²) in [6, 6.07) is 13.0. The number of carbonyl (C=O) groups excluding carboxylic acids is 1. The van der Waals surface area contributed by atoms with Crippen LogP contribution in [-0.2, 0) is 22.6 Å². The maximum Gasteiger partial charge on any atom is 0.308 e. The number of ether oxygens (including phenoxy) is 3. The lowest BCUT2D eigenvalue weighted by molar-refractivity contribution is -0.136. The van der Waals surface area contributed by atoms with Gasteiger partial charge in [-0.05, 0) is 82.8 Å². The van der Waals surface area contributed by atoms with E-state index in [0.717, 1.165) is 33.4 Å². The number of carboxylic acid groups (broad SMARTS) is 1. The van der Waals surface area contributed by atoms with Crippen molar-refractivity contribution in [2.45, 2.75) is 26.3 Å². The van der Waals surface area contributed by atoms with Gasteiger partial charge in [0.15, 0.2) is 0 Å². The van der Waals surface area contributed by atoms with Gasteiger partial charge < -0.3 is 29.1 Å². The van der Waals surface area contributed by atoms with Crippen molar-refractivity contribution < 1.29 is 33.3 Å². The Hall–Kier alpha value is -4.46. The maximum absolute atomic E-state index is 12.8. The van der Waals surface area contributed by atoms with Crippen LogP contribution in [0.25, 0.3) is 17.2 Å². The Labute approximate surface area is 215 Å². The molecule has 0 spiro atoms. The second kappa shape index (κ2) is 11.1. The highest BCUT2D eigenvalue weighted by molar-refractivity contribution is 6.08. The van der Waals surface area contributed by atoms with E-state index in [0.29, 0.717) is 35.1 Å². The van der Waals surface area contributed by atoms with Gasteiger partial charge in [0.25, 0.3) is 0 Å². The van der Waals surface area contributed by atoms with E-state index in [4.69, 9.17) is 18.6 Å². The number of carboxylic acids is 1. The van der Waals surface area contributed by atoms with Crippen molar-refractivity contribution in [3.8, 4) is 17.2 Å². The Kier molecular flexibility index (Phi) is 7.67. The molecule has 1 aromatic heterocycles. The number of nitrogens with one attached hydrogen (secondary N) is 1. The predicted molar refractivity (Wildman–Crippen MR) is 140 cm³/mol. The largest absolute Gasteiger partial charge is 0.497 e. The summed E-state index contributed by atoms with van der Waals surface area (Å²) in [5.41, 5.74) is 5.96. The molecule has 0 unspecified atom stereocenters. The number of fused-ring (bicyclic) bond motifs is 1. The molecule has 8 heteroatoms. The van der Waals surface area contributed by atoms with E-state index in [1.54, 1.807) is 31.6 Å². The van der Waals surface area contributed by atoms with Crippen LogP contribution in [-0.4, -0.2) is 38.3 Å². The summed E-state index contributed by atoms with van der Waals surface area (Å²) in [7, 11) is 4.61. The van der Waals surface area contributed by atoms with Crippen molar-refractivity contribution in [1.29, 1.82) is 0 Å². The van der Waals surface area contributed by atoms with Gasteiger partial charge in [0.05, 0.1) is 47.0 Å². The third kappa shape index (κ3) is 5.53. The van der Waals surface area contributed by atoms with Gasteiger partial charge in [-0.15, -0.1) is 0 Å².